The molecule has 1 aliphatic heterocycles. The average molecular weight is 334 g/mol. The van der Waals surface area contributed by atoms with Gasteiger partial charge in [0.15, 0.2) is 5.76 Å². The predicted octanol–water partition coefficient (Wildman–Crippen LogP) is 2.76. The molecule has 7 heteroatoms. The third-order valence-corrected chi connectivity index (χ3v) is 4.83. The largest absolute Gasteiger partial charge is 0.462 e. The molecule has 0 fully saturated rings. The van der Waals surface area contributed by atoms with Crippen LogP contribution in [0.5, 0.6) is 0 Å². The van der Waals surface area contributed by atoms with Crippen molar-refractivity contribution in [2.45, 2.75) is 19.9 Å². The molecule has 2 aromatic rings. The molecule has 0 bridgehead atoms. The summed E-state index contributed by atoms with van der Waals surface area (Å²) in [6.07, 6.45) is 2.21. The maximum atomic E-state index is 12.3. The van der Waals surface area contributed by atoms with Crippen LogP contribution in [-0.4, -0.2) is 37.0 Å². The molecular weight excluding hydrogens is 316 g/mol. The number of carbonyl (C=O) groups is 2. The molecular formula is C16H18N2O4S. The van der Waals surface area contributed by atoms with Gasteiger partial charge in [-0.2, -0.15) is 0 Å². The molecule has 1 N–H and O–H groups in total. The maximum Gasteiger partial charge on any atom is 0.341 e. The highest BCUT2D eigenvalue weighted by Gasteiger charge is 2.29. The van der Waals surface area contributed by atoms with Crippen molar-refractivity contribution in [1.29, 1.82) is 0 Å². The Morgan fingerprint density at radius 1 is 1.48 bits per heavy atom. The lowest BCUT2D eigenvalue weighted by Crippen LogP contribution is -2.26. The van der Waals surface area contributed by atoms with Crippen LogP contribution in [-0.2, 0) is 17.7 Å². The van der Waals surface area contributed by atoms with E-state index < -0.39 is 0 Å². The summed E-state index contributed by atoms with van der Waals surface area (Å²) in [4.78, 5) is 27.8. The molecule has 1 aliphatic rings. The van der Waals surface area contributed by atoms with Crippen molar-refractivity contribution in [1.82, 2.24) is 4.90 Å². The normalized spacial score (nSPS) is 14.3. The van der Waals surface area contributed by atoms with E-state index in [4.69, 9.17) is 9.15 Å². The number of esters is 1. The number of amides is 1. The van der Waals surface area contributed by atoms with Gasteiger partial charge in [0.05, 0.1) is 18.4 Å². The number of fused-ring (bicyclic) bond motifs is 1. The van der Waals surface area contributed by atoms with Gasteiger partial charge in [-0.05, 0) is 38.1 Å². The van der Waals surface area contributed by atoms with Gasteiger partial charge in [0.25, 0.3) is 5.91 Å². The van der Waals surface area contributed by atoms with Crippen LogP contribution in [0.3, 0.4) is 0 Å². The van der Waals surface area contributed by atoms with E-state index in [2.05, 4.69) is 10.2 Å². The number of nitrogens with zero attached hydrogens (tertiary/aromatic N) is 1. The lowest BCUT2D eigenvalue weighted by atomic mass is 10.0. The molecule has 0 aromatic carbocycles. The molecule has 0 spiro atoms. The van der Waals surface area contributed by atoms with Crippen LogP contribution in [0, 0.1) is 0 Å². The van der Waals surface area contributed by atoms with Crippen molar-refractivity contribution in [2.24, 2.45) is 0 Å². The van der Waals surface area contributed by atoms with Crippen molar-refractivity contribution < 1.29 is 18.7 Å². The van der Waals surface area contributed by atoms with Crippen LogP contribution in [0.25, 0.3) is 0 Å². The zero-order valence-corrected chi connectivity index (χ0v) is 13.9. The van der Waals surface area contributed by atoms with Gasteiger partial charge in [0.2, 0.25) is 0 Å². The SMILES string of the molecule is CCOC(=O)c1c(NC(=O)c2ccco2)sc2c1CCN(C)C2. The van der Waals surface area contributed by atoms with E-state index >= 15 is 0 Å². The quantitative estimate of drug-likeness (QED) is 0.871. The zero-order chi connectivity index (χ0) is 16.4. The number of anilines is 1. The topological polar surface area (TPSA) is 71.8 Å². The standard InChI is InChI=1S/C16H18N2O4S/c1-3-21-16(20)13-10-6-7-18(2)9-12(10)23-15(13)17-14(19)11-5-4-8-22-11/h4-5,8H,3,6-7,9H2,1-2H3,(H,17,19). The molecule has 1 amide bonds. The Balaban J connectivity index is 1.95. The molecule has 0 radical (unpaired) electrons. The maximum absolute atomic E-state index is 12.3. The van der Waals surface area contributed by atoms with Crippen molar-refractivity contribution >= 4 is 28.2 Å². The van der Waals surface area contributed by atoms with Crippen molar-refractivity contribution in [3.63, 3.8) is 0 Å². The van der Waals surface area contributed by atoms with Crippen LogP contribution in [0.2, 0.25) is 0 Å². The zero-order valence-electron chi connectivity index (χ0n) is 13.0. The molecule has 0 atom stereocenters. The summed E-state index contributed by atoms with van der Waals surface area (Å²) < 4.78 is 10.3. The fourth-order valence-corrected chi connectivity index (χ4v) is 3.92. The molecule has 2 aromatic heterocycles. The summed E-state index contributed by atoms with van der Waals surface area (Å²) in [7, 11) is 2.04. The fraction of sp³-hybridized carbons (Fsp3) is 0.375. The first-order chi connectivity index (χ1) is 11.1. The highest BCUT2D eigenvalue weighted by atomic mass is 32.1. The summed E-state index contributed by atoms with van der Waals surface area (Å²) in [5, 5.41) is 3.32. The molecule has 3 rings (SSSR count). The number of carbonyl (C=O) groups excluding carboxylic acids is 2. The molecule has 0 saturated carbocycles. The Morgan fingerprint density at radius 3 is 3.00 bits per heavy atom. The molecule has 6 nitrogen and oxygen atoms in total. The second-order valence-electron chi connectivity index (χ2n) is 5.35. The molecule has 23 heavy (non-hydrogen) atoms. The van der Waals surface area contributed by atoms with Gasteiger partial charge in [-0.25, -0.2) is 4.79 Å². The first-order valence-corrected chi connectivity index (χ1v) is 8.26. The van der Waals surface area contributed by atoms with Crippen LogP contribution in [0.15, 0.2) is 22.8 Å². The van der Waals surface area contributed by atoms with E-state index in [0.29, 0.717) is 17.2 Å². The third kappa shape index (κ3) is 3.16. The van der Waals surface area contributed by atoms with E-state index in [1.165, 1.54) is 17.6 Å². The van der Waals surface area contributed by atoms with Gasteiger partial charge in [-0.15, -0.1) is 11.3 Å². The van der Waals surface area contributed by atoms with Gasteiger partial charge in [0.1, 0.15) is 5.00 Å². The summed E-state index contributed by atoms with van der Waals surface area (Å²) in [6, 6.07) is 3.23. The van der Waals surface area contributed by atoms with Crippen LogP contribution in [0.1, 0.15) is 38.3 Å². The molecule has 0 unspecified atom stereocenters. The van der Waals surface area contributed by atoms with E-state index in [-0.39, 0.29) is 17.6 Å². The first kappa shape index (κ1) is 15.8. The van der Waals surface area contributed by atoms with Crippen LogP contribution in [0.4, 0.5) is 5.00 Å². The molecule has 0 aliphatic carbocycles. The van der Waals surface area contributed by atoms with Crippen LogP contribution < -0.4 is 5.32 Å². The van der Waals surface area contributed by atoms with Crippen molar-refractivity contribution in [3.8, 4) is 0 Å². The Labute approximate surface area is 138 Å². The summed E-state index contributed by atoms with van der Waals surface area (Å²) in [6.45, 7) is 3.71. The number of ether oxygens (including phenoxy) is 1. The lowest BCUT2D eigenvalue weighted by Gasteiger charge is -2.22. The van der Waals surface area contributed by atoms with E-state index in [0.717, 1.165) is 30.0 Å². The first-order valence-electron chi connectivity index (χ1n) is 7.45. The number of hydrogen-bond acceptors (Lipinski definition) is 6. The number of nitrogens with one attached hydrogen (secondary N) is 1. The van der Waals surface area contributed by atoms with E-state index in [9.17, 15) is 9.59 Å². The second-order valence-corrected chi connectivity index (χ2v) is 6.45. The Bertz CT molecular complexity index is 721. The third-order valence-electron chi connectivity index (χ3n) is 3.70. The number of thiophene rings is 1. The Kier molecular flexibility index (Phi) is 4.49. The number of furan rings is 1. The minimum Gasteiger partial charge on any atom is -0.462 e. The van der Waals surface area contributed by atoms with Gasteiger partial charge in [0, 0.05) is 18.0 Å². The summed E-state index contributed by atoms with van der Waals surface area (Å²) in [5.41, 5.74) is 1.47. The van der Waals surface area contributed by atoms with Crippen molar-refractivity contribution in [2.75, 3.05) is 25.5 Å². The van der Waals surface area contributed by atoms with Gasteiger partial charge < -0.3 is 19.4 Å². The predicted molar refractivity (Wildman–Crippen MR) is 87.0 cm³/mol. The number of hydrogen-bond donors (Lipinski definition) is 1. The minimum atomic E-state index is -0.385. The fourth-order valence-electron chi connectivity index (χ4n) is 2.61. The summed E-state index contributed by atoms with van der Waals surface area (Å²) >= 11 is 1.43. The van der Waals surface area contributed by atoms with Gasteiger partial charge in [-0.3, -0.25) is 4.79 Å². The molecule has 122 valence electrons. The monoisotopic (exact) mass is 334 g/mol. The summed E-state index contributed by atoms with van der Waals surface area (Å²) in [5.74, 6) is -0.542. The van der Waals surface area contributed by atoms with Gasteiger partial charge in [-0.1, -0.05) is 0 Å². The minimum absolute atomic E-state index is 0.211. The van der Waals surface area contributed by atoms with E-state index in [1.54, 1.807) is 19.1 Å². The number of rotatable bonds is 4. The highest BCUT2D eigenvalue weighted by molar-refractivity contribution is 7.17. The van der Waals surface area contributed by atoms with Crippen LogP contribution >= 0.6 is 11.3 Å². The Hall–Kier alpha value is -2.12. The van der Waals surface area contributed by atoms with Crippen molar-refractivity contribution in [3.05, 3.63) is 40.2 Å². The van der Waals surface area contributed by atoms with E-state index in [1.807, 2.05) is 7.05 Å². The second kappa shape index (κ2) is 6.55. The van der Waals surface area contributed by atoms with Gasteiger partial charge >= 0.3 is 5.97 Å². The average Bonchev–Trinajstić information content (AvgIpc) is 3.14. The Morgan fingerprint density at radius 2 is 2.30 bits per heavy atom. The number of likely N-dealkylation sites (N-methyl/N-ethyl adjacent to an activating group) is 1. The highest BCUT2D eigenvalue weighted by Crippen LogP contribution is 2.37. The smallest absolute Gasteiger partial charge is 0.341 e. The molecule has 3 heterocycles. The lowest BCUT2D eigenvalue weighted by molar-refractivity contribution is 0.0526. The molecule has 0 saturated heterocycles.